The van der Waals surface area contributed by atoms with Crippen molar-refractivity contribution in [1.29, 1.82) is 0 Å². The van der Waals surface area contributed by atoms with E-state index in [2.05, 4.69) is 71.2 Å². The minimum atomic E-state index is 0.590. The molecule has 2 unspecified atom stereocenters. The van der Waals surface area contributed by atoms with Crippen LogP contribution in [0.15, 0.2) is 28.7 Å². The highest BCUT2D eigenvalue weighted by Gasteiger charge is 2.28. The molecule has 1 fully saturated rings. The summed E-state index contributed by atoms with van der Waals surface area (Å²) in [7, 11) is 0. The summed E-state index contributed by atoms with van der Waals surface area (Å²) in [4.78, 5) is 2.56. The Morgan fingerprint density at radius 3 is 2.83 bits per heavy atom. The van der Waals surface area contributed by atoms with Crippen LogP contribution in [-0.2, 0) is 0 Å². The summed E-state index contributed by atoms with van der Waals surface area (Å²) in [6.07, 6.45) is 1.18. The van der Waals surface area contributed by atoms with Gasteiger partial charge in [-0.2, -0.15) is 0 Å². The summed E-state index contributed by atoms with van der Waals surface area (Å²) in [6, 6.07) is 9.85. The maximum Gasteiger partial charge on any atom is 0.0412 e. The van der Waals surface area contributed by atoms with Gasteiger partial charge in [-0.1, -0.05) is 42.8 Å². The highest BCUT2D eigenvalue weighted by Crippen LogP contribution is 2.25. The number of halogens is 1. The van der Waals surface area contributed by atoms with E-state index < -0.39 is 0 Å². The van der Waals surface area contributed by atoms with Crippen LogP contribution in [0.2, 0.25) is 0 Å². The number of benzene rings is 1. The van der Waals surface area contributed by atoms with Gasteiger partial charge in [0.25, 0.3) is 0 Å². The zero-order valence-electron chi connectivity index (χ0n) is 11.5. The summed E-state index contributed by atoms with van der Waals surface area (Å²) in [6.45, 7) is 9.05. The van der Waals surface area contributed by atoms with Crippen molar-refractivity contribution in [3.8, 4) is 0 Å². The molecule has 1 aliphatic heterocycles. The van der Waals surface area contributed by atoms with Crippen LogP contribution in [-0.4, -0.2) is 25.2 Å². The molecule has 1 aliphatic rings. The maximum atomic E-state index is 3.68. The largest absolute Gasteiger partial charge is 0.366 e. The lowest BCUT2D eigenvalue weighted by Crippen LogP contribution is -2.58. The molecule has 0 radical (unpaired) electrons. The summed E-state index contributed by atoms with van der Waals surface area (Å²) >= 11 is 3.57. The molecular weight excluding hydrogens is 288 g/mol. The quantitative estimate of drug-likeness (QED) is 0.916. The van der Waals surface area contributed by atoms with Gasteiger partial charge in [0, 0.05) is 35.3 Å². The van der Waals surface area contributed by atoms with Crippen LogP contribution in [0.25, 0.3) is 0 Å². The molecule has 1 N–H and O–H groups in total. The molecule has 3 heteroatoms. The van der Waals surface area contributed by atoms with Crippen molar-refractivity contribution in [2.24, 2.45) is 5.92 Å². The Bertz CT molecular complexity index is 392. The van der Waals surface area contributed by atoms with Crippen molar-refractivity contribution in [3.05, 3.63) is 28.7 Å². The molecule has 2 nitrogen and oxygen atoms in total. The molecule has 1 heterocycles. The van der Waals surface area contributed by atoms with E-state index >= 15 is 0 Å². The molecule has 2 rings (SSSR count). The molecule has 1 aromatic carbocycles. The zero-order valence-corrected chi connectivity index (χ0v) is 13.1. The van der Waals surface area contributed by atoms with Gasteiger partial charge >= 0.3 is 0 Å². The summed E-state index contributed by atoms with van der Waals surface area (Å²) < 4.78 is 1.16. The first-order valence-electron chi connectivity index (χ1n) is 6.87. The van der Waals surface area contributed by atoms with Crippen molar-refractivity contribution in [1.82, 2.24) is 5.32 Å². The minimum Gasteiger partial charge on any atom is -0.366 e. The van der Waals surface area contributed by atoms with Crippen LogP contribution in [0.1, 0.15) is 27.2 Å². The highest BCUT2D eigenvalue weighted by molar-refractivity contribution is 9.10. The number of hydrogen-bond donors (Lipinski definition) is 1. The topological polar surface area (TPSA) is 15.3 Å². The van der Waals surface area contributed by atoms with Crippen molar-refractivity contribution >= 4 is 21.6 Å². The lowest BCUT2D eigenvalue weighted by atomic mass is 9.98. The average molecular weight is 311 g/mol. The Balaban J connectivity index is 2.20. The van der Waals surface area contributed by atoms with E-state index in [1.807, 2.05) is 0 Å². The van der Waals surface area contributed by atoms with Gasteiger partial charge in [-0.25, -0.2) is 0 Å². The van der Waals surface area contributed by atoms with E-state index in [1.165, 1.54) is 12.1 Å². The first-order chi connectivity index (χ1) is 8.61. The molecule has 1 saturated heterocycles. The second-order valence-electron chi connectivity index (χ2n) is 5.45. The Morgan fingerprint density at radius 1 is 1.44 bits per heavy atom. The highest BCUT2D eigenvalue weighted by atomic mass is 79.9. The van der Waals surface area contributed by atoms with Crippen LogP contribution >= 0.6 is 15.9 Å². The van der Waals surface area contributed by atoms with Gasteiger partial charge < -0.3 is 10.2 Å². The van der Waals surface area contributed by atoms with E-state index in [1.54, 1.807) is 0 Å². The van der Waals surface area contributed by atoms with E-state index in [0.717, 1.165) is 17.6 Å². The SMILES string of the molecule is CCC1CNC(C(C)C)CN1c1cccc(Br)c1. The van der Waals surface area contributed by atoms with Crippen LogP contribution in [0.4, 0.5) is 5.69 Å². The predicted molar refractivity (Wildman–Crippen MR) is 82.2 cm³/mol. The monoisotopic (exact) mass is 310 g/mol. The van der Waals surface area contributed by atoms with Gasteiger partial charge in [-0.15, -0.1) is 0 Å². The Hall–Kier alpha value is -0.540. The fourth-order valence-electron chi connectivity index (χ4n) is 2.61. The molecule has 2 atom stereocenters. The standard InChI is InChI=1S/C15H23BrN2/c1-4-13-9-17-15(11(2)3)10-18(13)14-7-5-6-12(16)8-14/h5-8,11,13,15,17H,4,9-10H2,1-3H3. The van der Waals surface area contributed by atoms with Gasteiger partial charge in [-0.3, -0.25) is 0 Å². The number of nitrogens with one attached hydrogen (secondary N) is 1. The van der Waals surface area contributed by atoms with Gasteiger partial charge in [0.2, 0.25) is 0 Å². The molecule has 0 aliphatic carbocycles. The normalized spacial score (nSPS) is 24.6. The fourth-order valence-corrected chi connectivity index (χ4v) is 2.99. The molecule has 0 spiro atoms. The van der Waals surface area contributed by atoms with Crippen molar-refractivity contribution < 1.29 is 0 Å². The van der Waals surface area contributed by atoms with Crippen molar-refractivity contribution in [2.75, 3.05) is 18.0 Å². The Kier molecular flexibility index (Phi) is 4.68. The van der Waals surface area contributed by atoms with Crippen molar-refractivity contribution in [2.45, 2.75) is 39.3 Å². The van der Waals surface area contributed by atoms with Crippen molar-refractivity contribution in [3.63, 3.8) is 0 Å². The minimum absolute atomic E-state index is 0.590. The number of piperazine rings is 1. The molecule has 1 aromatic rings. The van der Waals surface area contributed by atoms with Crippen LogP contribution in [0.3, 0.4) is 0 Å². The second-order valence-corrected chi connectivity index (χ2v) is 6.37. The van der Waals surface area contributed by atoms with E-state index in [4.69, 9.17) is 0 Å². The molecule has 0 bridgehead atoms. The molecule has 18 heavy (non-hydrogen) atoms. The first kappa shape index (κ1) is 13.9. The second kappa shape index (κ2) is 6.07. The Morgan fingerprint density at radius 2 is 2.22 bits per heavy atom. The summed E-state index contributed by atoms with van der Waals surface area (Å²) in [5.74, 6) is 0.678. The summed E-state index contributed by atoms with van der Waals surface area (Å²) in [5.41, 5.74) is 1.34. The first-order valence-corrected chi connectivity index (χ1v) is 7.66. The smallest absolute Gasteiger partial charge is 0.0412 e. The van der Waals surface area contributed by atoms with Crippen LogP contribution in [0, 0.1) is 5.92 Å². The van der Waals surface area contributed by atoms with Gasteiger partial charge in [0.1, 0.15) is 0 Å². The van der Waals surface area contributed by atoms with Gasteiger partial charge in [-0.05, 0) is 30.5 Å². The van der Waals surface area contributed by atoms with E-state index in [-0.39, 0.29) is 0 Å². The third-order valence-electron chi connectivity index (χ3n) is 3.87. The third-order valence-corrected chi connectivity index (χ3v) is 4.36. The number of nitrogens with zero attached hydrogens (tertiary/aromatic N) is 1. The lowest BCUT2D eigenvalue weighted by molar-refractivity contribution is 0.325. The van der Waals surface area contributed by atoms with E-state index in [9.17, 15) is 0 Å². The third kappa shape index (κ3) is 3.07. The predicted octanol–water partition coefficient (Wildman–Crippen LogP) is 3.66. The Labute approximate surface area is 119 Å². The molecule has 0 amide bonds. The molecular formula is C15H23BrN2. The zero-order chi connectivity index (χ0) is 13.1. The molecule has 0 aromatic heterocycles. The van der Waals surface area contributed by atoms with Gasteiger partial charge in [0.15, 0.2) is 0 Å². The summed E-state index contributed by atoms with van der Waals surface area (Å²) in [5, 5.41) is 3.68. The molecule has 100 valence electrons. The fraction of sp³-hybridized carbons (Fsp3) is 0.600. The van der Waals surface area contributed by atoms with Gasteiger partial charge in [0.05, 0.1) is 0 Å². The number of anilines is 1. The number of rotatable bonds is 3. The average Bonchev–Trinajstić information content (AvgIpc) is 2.38. The number of hydrogen-bond acceptors (Lipinski definition) is 2. The van der Waals surface area contributed by atoms with Crippen LogP contribution < -0.4 is 10.2 Å². The molecule has 0 saturated carbocycles. The van der Waals surface area contributed by atoms with Crippen LogP contribution in [0.5, 0.6) is 0 Å². The lowest BCUT2D eigenvalue weighted by Gasteiger charge is -2.43. The van der Waals surface area contributed by atoms with E-state index in [0.29, 0.717) is 18.0 Å². The maximum absolute atomic E-state index is 3.68.